The van der Waals surface area contributed by atoms with Crippen LogP contribution in [0.2, 0.25) is 0 Å². The van der Waals surface area contributed by atoms with E-state index in [1.807, 2.05) is 11.0 Å². The highest BCUT2D eigenvalue weighted by molar-refractivity contribution is 5.85. The molecule has 1 fully saturated rings. The number of hydrogen-bond acceptors (Lipinski definition) is 4. The van der Waals surface area contributed by atoms with Gasteiger partial charge < -0.3 is 9.42 Å². The van der Waals surface area contributed by atoms with Gasteiger partial charge in [-0.05, 0) is 43.2 Å². The van der Waals surface area contributed by atoms with E-state index in [0.29, 0.717) is 11.7 Å². The van der Waals surface area contributed by atoms with Gasteiger partial charge in [0.15, 0.2) is 5.82 Å². The maximum Gasteiger partial charge on any atom is 0.230 e. The molecule has 5 nitrogen and oxygen atoms in total. The second kappa shape index (κ2) is 5.80. The molecule has 1 amide bonds. The number of carbonyl (C=O) groups is 1. The standard InChI is InChI=1S/C18H21N3O2/c1-12-19-17(20-23-12)16-10-5-11-21(16)18(22)15-9-4-7-13-6-2-3-8-14(13)15/h2-3,6,8,15-16H,4-5,7,9-11H2,1H3/t15-,16+/m0/s1. The molecular weight excluding hydrogens is 290 g/mol. The van der Waals surface area contributed by atoms with Gasteiger partial charge in [-0.15, -0.1) is 0 Å². The Morgan fingerprint density at radius 1 is 1.26 bits per heavy atom. The molecule has 0 N–H and O–H groups in total. The molecule has 5 heteroatoms. The van der Waals surface area contributed by atoms with Crippen molar-refractivity contribution in [2.24, 2.45) is 0 Å². The largest absolute Gasteiger partial charge is 0.340 e. The van der Waals surface area contributed by atoms with E-state index in [1.54, 1.807) is 6.92 Å². The molecule has 1 aromatic heterocycles. The van der Waals surface area contributed by atoms with Crippen molar-refractivity contribution in [1.29, 1.82) is 0 Å². The summed E-state index contributed by atoms with van der Waals surface area (Å²) in [5, 5.41) is 4.04. The molecule has 0 saturated carbocycles. The molecule has 4 rings (SSSR count). The molecule has 0 unspecified atom stereocenters. The Labute approximate surface area is 135 Å². The predicted molar refractivity (Wildman–Crippen MR) is 84.8 cm³/mol. The Kier molecular flexibility index (Phi) is 3.63. The zero-order valence-electron chi connectivity index (χ0n) is 13.4. The monoisotopic (exact) mass is 311 g/mol. The van der Waals surface area contributed by atoms with Crippen LogP contribution in [0.25, 0.3) is 0 Å². The quantitative estimate of drug-likeness (QED) is 0.855. The van der Waals surface area contributed by atoms with Crippen molar-refractivity contribution in [3.63, 3.8) is 0 Å². The van der Waals surface area contributed by atoms with Crippen LogP contribution in [-0.4, -0.2) is 27.5 Å². The van der Waals surface area contributed by atoms with Gasteiger partial charge in [0.25, 0.3) is 0 Å². The van der Waals surface area contributed by atoms with Crippen molar-refractivity contribution in [3.05, 3.63) is 47.1 Å². The molecule has 120 valence electrons. The van der Waals surface area contributed by atoms with E-state index in [-0.39, 0.29) is 17.9 Å². The van der Waals surface area contributed by atoms with Gasteiger partial charge in [0.2, 0.25) is 11.8 Å². The number of carbonyl (C=O) groups excluding carboxylic acids is 1. The number of aromatic nitrogens is 2. The summed E-state index contributed by atoms with van der Waals surface area (Å²) in [6.07, 6.45) is 5.00. The minimum atomic E-state index is -0.0333. The lowest BCUT2D eigenvalue weighted by molar-refractivity contribution is -0.134. The Morgan fingerprint density at radius 2 is 2.13 bits per heavy atom. The van der Waals surface area contributed by atoms with Gasteiger partial charge in [-0.2, -0.15) is 4.98 Å². The molecule has 2 aliphatic rings. The molecule has 2 heterocycles. The topological polar surface area (TPSA) is 59.2 Å². The molecule has 2 atom stereocenters. The molecule has 1 saturated heterocycles. The SMILES string of the molecule is Cc1nc([C@H]2CCCN2C(=O)[C@H]2CCCc3ccccc32)no1. The summed E-state index contributed by atoms with van der Waals surface area (Å²) in [6, 6.07) is 8.33. The van der Waals surface area contributed by atoms with Crippen LogP contribution < -0.4 is 0 Å². The highest BCUT2D eigenvalue weighted by Crippen LogP contribution is 2.38. The fraction of sp³-hybridized carbons (Fsp3) is 0.500. The summed E-state index contributed by atoms with van der Waals surface area (Å²) in [4.78, 5) is 19.5. The maximum atomic E-state index is 13.2. The Bertz CT molecular complexity index is 725. The third kappa shape index (κ3) is 2.54. The van der Waals surface area contributed by atoms with Gasteiger partial charge in [-0.25, -0.2) is 0 Å². The number of nitrogens with zero attached hydrogens (tertiary/aromatic N) is 3. The van der Waals surface area contributed by atoms with Gasteiger partial charge >= 0.3 is 0 Å². The third-order valence-electron chi connectivity index (χ3n) is 5.04. The van der Waals surface area contributed by atoms with Crippen LogP contribution in [0.15, 0.2) is 28.8 Å². The second-order valence-electron chi connectivity index (χ2n) is 6.50. The Hall–Kier alpha value is -2.17. The summed E-state index contributed by atoms with van der Waals surface area (Å²) in [6.45, 7) is 2.57. The molecular formula is C18H21N3O2. The zero-order chi connectivity index (χ0) is 15.8. The average molecular weight is 311 g/mol. The third-order valence-corrected chi connectivity index (χ3v) is 5.04. The molecule has 1 aromatic carbocycles. The summed E-state index contributed by atoms with van der Waals surface area (Å²) >= 11 is 0. The number of hydrogen-bond donors (Lipinski definition) is 0. The summed E-state index contributed by atoms with van der Waals surface area (Å²) < 4.78 is 5.11. The Morgan fingerprint density at radius 3 is 2.96 bits per heavy atom. The fourth-order valence-corrected chi connectivity index (χ4v) is 3.96. The second-order valence-corrected chi connectivity index (χ2v) is 6.50. The van der Waals surface area contributed by atoms with Crippen molar-refractivity contribution in [2.75, 3.05) is 6.54 Å². The van der Waals surface area contributed by atoms with E-state index >= 15 is 0 Å². The van der Waals surface area contributed by atoms with Gasteiger partial charge in [0.1, 0.15) is 0 Å². The van der Waals surface area contributed by atoms with Crippen molar-refractivity contribution in [1.82, 2.24) is 15.0 Å². The first-order valence-electron chi connectivity index (χ1n) is 8.42. The molecule has 1 aliphatic carbocycles. The van der Waals surface area contributed by atoms with Crippen LogP contribution in [0, 0.1) is 6.92 Å². The highest BCUT2D eigenvalue weighted by atomic mass is 16.5. The highest BCUT2D eigenvalue weighted by Gasteiger charge is 2.38. The molecule has 2 aromatic rings. The summed E-state index contributed by atoms with van der Waals surface area (Å²) in [5.41, 5.74) is 2.53. The van der Waals surface area contributed by atoms with Crippen molar-refractivity contribution in [2.45, 2.75) is 51.0 Å². The van der Waals surface area contributed by atoms with E-state index < -0.39 is 0 Å². The number of aryl methyl sites for hydroxylation is 2. The lowest BCUT2D eigenvalue weighted by atomic mass is 9.82. The molecule has 0 bridgehead atoms. The van der Waals surface area contributed by atoms with E-state index in [4.69, 9.17) is 4.52 Å². The number of likely N-dealkylation sites (tertiary alicyclic amines) is 1. The van der Waals surface area contributed by atoms with Crippen LogP contribution in [0.1, 0.15) is 60.5 Å². The summed E-state index contributed by atoms with van der Waals surface area (Å²) in [5.74, 6) is 1.41. The average Bonchev–Trinajstić information content (AvgIpc) is 3.22. The van der Waals surface area contributed by atoms with E-state index in [0.717, 1.165) is 38.6 Å². The Balaban J connectivity index is 1.62. The molecule has 0 spiro atoms. The van der Waals surface area contributed by atoms with Crippen LogP contribution in [0.3, 0.4) is 0 Å². The van der Waals surface area contributed by atoms with Crippen LogP contribution in [0.4, 0.5) is 0 Å². The van der Waals surface area contributed by atoms with Gasteiger partial charge in [0, 0.05) is 13.5 Å². The molecule has 1 aliphatic heterocycles. The van der Waals surface area contributed by atoms with E-state index in [1.165, 1.54) is 11.1 Å². The first-order chi connectivity index (χ1) is 11.2. The van der Waals surface area contributed by atoms with E-state index in [9.17, 15) is 4.79 Å². The molecule has 23 heavy (non-hydrogen) atoms. The van der Waals surface area contributed by atoms with Crippen molar-refractivity contribution < 1.29 is 9.32 Å². The number of amides is 1. The van der Waals surface area contributed by atoms with Crippen LogP contribution >= 0.6 is 0 Å². The molecule has 0 radical (unpaired) electrons. The minimum Gasteiger partial charge on any atom is -0.340 e. The summed E-state index contributed by atoms with van der Waals surface area (Å²) in [7, 11) is 0. The number of fused-ring (bicyclic) bond motifs is 1. The van der Waals surface area contributed by atoms with Crippen LogP contribution in [-0.2, 0) is 11.2 Å². The van der Waals surface area contributed by atoms with Gasteiger partial charge in [0.05, 0.1) is 12.0 Å². The van der Waals surface area contributed by atoms with Gasteiger partial charge in [-0.3, -0.25) is 4.79 Å². The zero-order valence-corrected chi connectivity index (χ0v) is 13.4. The first-order valence-corrected chi connectivity index (χ1v) is 8.42. The number of benzene rings is 1. The van der Waals surface area contributed by atoms with Gasteiger partial charge in [-0.1, -0.05) is 29.4 Å². The lowest BCUT2D eigenvalue weighted by Gasteiger charge is -2.31. The first kappa shape index (κ1) is 14.4. The maximum absolute atomic E-state index is 13.2. The predicted octanol–water partition coefficient (Wildman–Crippen LogP) is 3.16. The van der Waals surface area contributed by atoms with E-state index in [2.05, 4.69) is 28.3 Å². The number of rotatable bonds is 2. The van der Waals surface area contributed by atoms with Crippen molar-refractivity contribution in [3.8, 4) is 0 Å². The fourth-order valence-electron chi connectivity index (χ4n) is 3.96. The van der Waals surface area contributed by atoms with Crippen LogP contribution in [0.5, 0.6) is 0 Å². The smallest absolute Gasteiger partial charge is 0.230 e. The van der Waals surface area contributed by atoms with Crippen molar-refractivity contribution >= 4 is 5.91 Å². The lowest BCUT2D eigenvalue weighted by Crippen LogP contribution is -2.36. The normalized spacial score (nSPS) is 23.8. The minimum absolute atomic E-state index is 0.0199.